The maximum absolute atomic E-state index is 12.8. The number of nitrogens with zero attached hydrogens (tertiary/aromatic N) is 1. The number of ether oxygens (including phenoxy) is 1. The van der Waals surface area contributed by atoms with Gasteiger partial charge in [0, 0.05) is 24.2 Å². The number of ketones is 1. The average molecular weight is 379 g/mol. The Kier molecular flexibility index (Phi) is 6.24. The zero-order chi connectivity index (χ0) is 20.1. The highest BCUT2D eigenvalue weighted by atomic mass is 16.5. The van der Waals surface area contributed by atoms with Gasteiger partial charge in [-0.05, 0) is 31.7 Å². The number of rotatable bonds is 5. The molecular formula is C23H25NO4. The minimum Gasteiger partial charge on any atom is -0.452 e. The molecule has 1 fully saturated rings. The Morgan fingerprint density at radius 3 is 2.21 bits per heavy atom. The summed E-state index contributed by atoms with van der Waals surface area (Å²) < 4.78 is 5.23. The molecule has 5 nitrogen and oxygen atoms in total. The van der Waals surface area contributed by atoms with Gasteiger partial charge in [-0.1, -0.05) is 55.0 Å². The number of aryl methyl sites for hydroxylation is 1. The fourth-order valence-electron chi connectivity index (χ4n) is 3.27. The van der Waals surface area contributed by atoms with Gasteiger partial charge in [-0.15, -0.1) is 0 Å². The van der Waals surface area contributed by atoms with Crippen LogP contribution in [0.2, 0.25) is 0 Å². The maximum atomic E-state index is 12.8. The Morgan fingerprint density at radius 1 is 0.964 bits per heavy atom. The SMILES string of the molecule is Cc1ccc(C(=O)c2ccccc2C(=O)OCC(=O)N2CCC(C)CC2)cc1. The van der Waals surface area contributed by atoms with Crippen molar-refractivity contribution in [3.63, 3.8) is 0 Å². The standard InChI is InChI=1S/C23H25NO4/c1-16-7-9-18(10-8-16)22(26)19-5-3-4-6-20(19)23(27)28-15-21(25)24-13-11-17(2)12-14-24/h3-10,17H,11-15H2,1-2H3. The van der Waals surface area contributed by atoms with Gasteiger partial charge >= 0.3 is 5.97 Å². The summed E-state index contributed by atoms with van der Waals surface area (Å²) in [6.07, 6.45) is 1.93. The van der Waals surface area contributed by atoms with Crippen LogP contribution in [0.4, 0.5) is 0 Å². The minimum atomic E-state index is -0.658. The van der Waals surface area contributed by atoms with Crippen LogP contribution in [0.3, 0.4) is 0 Å². The second-order valence-electron chi connectivity index (χ2n) is 7.38. The van der Waals surface area contributed by atoms with Gasteiger partial charge in [-0.3, -0.25) is 9.59 Å². The van der Waals surface area contributed by atoms with E-state index in [4.69, 9.17) is 4.74 Å². The van der Waals surface area contributed by atoms with E-state index in [-0.39, 0.29) is 29.4 Å². The summed E-state index contributed by atoms with van der Waals surface area (Å²) in [5.41, 5.74) is 2.00. The average Bonchev–Trinajstić information content (AvgIpc) is 2.72. The number of hydrogen-bond acceptors (Lipinski definition) is 4. The number of hydrogen-bond donors (Lipinski definition) is 0. The van der Waals surface area contributed by atoms with Crippen LogP contribution < -0.4 is 0 Å². The van der Waals surface area contributed by atoms with Gasteiger partial charge in [0.25, 0.3) is 5.91 Å². The third kappa shape index (κ3) is 4.66. The van der Waals surface area contributed by atoms with E-state index in [0.717, 1.165) is 18.4 Å². The first-order chi connectivity index (χ1) is 13.5. The van der Waals surface area contributed by atoms with E-state index < -0.39 is 5.97 Å². The van der Waals surface area contributed by atoms with Crippen molar-refractivity contribution < 1.29 is 19.1 Å². The lowest BCUT2D eigenvalue weighted by Gasteiger charge is -2.30. The maximum Gasteiger partial charge on any atom is 0.339 e. The molecule has 0 aliphatic carbocycles. The van der Waals surface area contributed by atoms with Gasteiger partial charge < -0.3 is 9.64 Å². The first-order valence-electron chi connectivity index (χ1n) is 9.61. The van der Waals surface area contributed by atoms with Crippen molar-refractivity contribution in [2.75, 3.05) is 19.7 Å². The molecule has 1 aliphatic rings. The van der Waals surface area contributed by atoms with Crippen molar-refractivity contribution >= 4 is 17.7 Å². The summed E-state index contributed by atoms with van der Waals surface area (Å²) in [6, 6.07) is 13.7. The number of esters is 1. The zero-order valence-electron chi connectivity index (χ0n) is 16.3. The molecule has 1 heterocycles. The van der Waals surface area contributed by atoms with Crippen LogP contribution in [0.5, 0.6) is 0 Å². The van der Waals surface area contributed by atoms with Gasteiger partial charge in [0.15, 0.2) is 12.4 Å². The van der Waals surface area contributed by atoms with Crippen LogP contribution in [0.25, 0.3) is 0 Å². The van der Waals surface area contributed by atoms with Gasteiger partial charge in [0.1, 0.15) is 0 Å². The van der Waals surface area contributed by atoms with Crippen LogP contribution in [0, 0.1) is 12.8 Å². The van der Waals surface area contributed by atoms with Crippen molar-refractivity contribution in [2.24, 2.45) is 5.92 Å². The lowest BCUT2D eigenvalue weighted by Crippen LogP contribution is -2.40. The van der Waals surface area contributed by atoms with Crippen molar-refractivity contribution in [2.45, 2.75) is 26.7 Å². The lowest BCUT2D eigenvalue weighted by atomic mass is 9.98. The molecule has 28 heavy (non-hydrogen) atoms. The predicted molar refractivity (Wildman–Crippen MR) is 106 cm³/mol. The van der Waals surface area contributed by atoms with Crippen molar-refractivity contribution in [3.05, 3.63) is 70.8 Å². The van der Waals surface area contributed by atoms with E-state index in [0.29, 0.717) is 24.6 Å². The van der Waals surface area contributed by atoms with Crippen LogP contribution in [-0.2, 0) is 9.53 Å². The van der Waals surface area contributed by atoms with E-state index in [1.165, 1.54) is 0 Å². The fraction of sp³-hybridized carbons (Fsp3) is 0.348. The highest BCUT2D eigenvalue weighted by Gasteiger charge is 2.23. The summed E-state index contributed by atoms with van der Waals surface area (Å²) in [6.45, 7) is 5.20. The van der Waals surface area contributed by atoms with E-state index in [9.17, 15) is 14.4 Å². The molecule has 1 saturated heterocycles. The lowest BCUT2D eigenvalue weighted by molar-refractivity contribution is -0.135. The van der Waals surface area contributed by atoms with Crippen molar-refractivity contribution in [1.29, 1.82) is 0 Å². The smallest absolute Gasteiger partial charge is 0.339 e. The molecule has 2 aromatic rings. The molecule has 0 N–H and O–H groups in total. The molecule has 2 aromatic carbocycles. The molecular weight excluding hydrogens is 354 g/mol. The van der Waals surface area contributed by atoms with Crippen molar-refractivity contribution in [3.8, 4) is 0 Å². The Labute approximate surface area is 165 Å². The molecule has 0 bridgehead atoms. The first kappa shape index (κ1) is 19.8. The second kappa shape index (κ2) is 8.83. The highest BCUT2D eigenvalue weighted by Crippen LogP contribution is 2.18. The summed E-state index contributed by atoms with van der Waals surface area (Å²) in [5, 5.41) is 0. The number of carbonyl (C=O) groups excluding carboxylic acids is 3. The largest absolute Gasteiger partial charge is 0.452 e. The van der Waals surface area contributed by atoms with Crippen molar-refractivity contribution in [1.82, 2.24) is 4.90 Å². The highest BCUT2D eigenvalue weighted by molar-refractivity contribution is 6.14. The molecule has 5 heteroatoms. The molecule has 1 amide bonds. The van der Waals surface area contributed by atoms with Gasteiger partial charge in [-0.2, -0.15) is 0 Å². The normalized spacial score (nSPS) is 14.6. The van der Waals surface area contributed by atoms with Crippen LogP contribution in [-0.4, -0.2) is 42.3 Å². The Morgan fingerprint density at radius 2 is 1.57 bits per heavy atom. The monoisotopic (exact) mass is 379 g/mol. The van der Waals surface area contributed by atoms with Crippen LogP contribution in [0.1, 0.15) is 51.6 Å². The molecule has 0 radical (unpaired) electrons. The van der Waals surface area contributed by atoms with Crippen LogP contribution in [0.15, 0.2) is 48.5 Å². The predicted octanol–water partition coefficient (Wildman–Crippen LogP) is 3.64. The second-order valence-corrected chi connectivity index (χ2v) is 7.38. The molecule has 3 rings (SSSR count). The summed E-state index contributed by atoms with van der Waals surface area (Å²) in [4.78, 5) is 39.4. The number of benzene rings is 2. The molecule has 0 saturated carbocycles. The molecule has 0 unspecified atom stereocenters. The molecule has 0 spiro atoms. The molecule has 1 aliphatic heterocycles. The topological polar surface area (TPSA) is 63.7 Å². The third-order valence-corrected chi connectivity index (χ3v) is 5.17. The van der Waals surface area contributed by atoms with Gasteiger partial charge in [-0.25, -0.2) is 4.79 Å². The summed E-state index contributed by atoms with van der Waals surface area (Å²) in [5.74, 6) is -0.479. The third-order valence-electron chi connectivity index (χ3n) is 5.17. The Bertz CT molecular complexity index is 864. The number of likely N-dealkylation sites (tertiary alicyclic amines) is 1. The molecule has 146 valence electrons. The fourth-order valence-corrected chi connectivity index (χ4v) is 3.27. The zero-order valence-corrected chi connectivity index (χ0v) is 16.3. The van der Waals surface area contributed by atoms with Crippen LogP contribution >= 0.6 is 0 Å². The number of piperidine rings is 1. The quantitative estimate of drug-likeness (QED) is 0.588. The van der Waals surface area contributed by atoms with Gasteiger partial charge in [0.2, 0.25) is 0 Å². The summed E-state index contributed by atoms with van der Waals surface area (Å²) >= 11 is 0. The number of amides is 1. The molecule has 0 atom stereocenters. The van der Waals surface area contributed by atoms with Gasteiger partial charge in [0.05, 0.1) is 5.56 Å². The summed E-state index contributed by atoms with van der Waals surface area (Å²) in [7, 11) is 0. The van der Waals surface area contributed by atoms with E-state index in [1.54, 1.807) is 41.3 Å². The van der Waals surface area contributed by atoms with E-state index in [2.05, 4.69) is 6.92 Å². The first-order valence-corrected chi connectivity index (χ1v) is 9.61. The number of carbonyl (C=O) groups is 3. The van der Waals surface area contributed by atoms with E-state index in [1.807, 2.05) is 19.1 Å². The Balaban J connectivity index is 1.68. The minimum absolute atomic E-state index is 0.174. The molecule has 0 aromatic heterocycles. The van der Waals surface area contributed by atoms with E-state index >= 15 is 0 Å². The Hall–Kier alpha value is -2.95.